The number of nitrogens with one attached hydrogen (secondary N) is 2. The predicted octanol–water partition coefficient (Wildman–Crippen LogP) is 6.05. The standard InChI is InChI=1S/C30H33Cl2N5O2/c1-36(28-8-7-23(31)18-27(28)32)30(39)34-19-22-4-2-3-20-5-6-21(17-26(20)22)29(38)35-24-11-15-37(16-12-24)25-9-13-33-14-10-25/h5-10,13-14,17-18,22,24H,2-4,11-12,15-16,19H2,1H3,(H,34,39)(H,35,38). The number of nitrogens with zero attached hydrogens (tertiary/aromatic N) is 3. The van der Waals surface area contributed by atoms with Gasteiger partial charge in [0, 0.05) is 67.3 Å². The smallest absolute Gasteiger partial charge is 0.321 e. The van der Waals surface area contributed by atoms with E-state index in [2.05, 4.69) is 26.6 Å². The number of carbonyl (C=O) groups excluding carboxylic acids is 2. The second-order valence-corrected chi connectivity index (χ2v) is 11.1. The SMILES string of the molecule is CN(C(=O)NCC1CCCc2ccc(C(=O)NC3CCN(c4ccncc4)CC3)cc21)c1ccc(Cl)cc1Cl. The number of halogens is 2. The number of anilines is 2. The minimum atomic E-state index is -0.238. The van der Waals surface area contributed by atoms with Crippen molar-refractivity contribution < 1.29 is 9.59 Å². The van der Waals surface area contributed by atoms with Gasteiger partial charge in [-0.05, 0) is 85.7 Å². The number of benzene rings is 2. The number of aromatic nitrogens is 1. The molecule has 1 aliphatic carbocycles. The zero-order chi connectivity index (χ0) is 27.4. The molecule has 2 N–H and O–H groups in total. The zero-order valence-electron chi connectivity index (χ0n) is 22.0. The summed E-state index contributed by atoms with van der Waals surface area (Å²) in [5.41, 5.74) is 4.83. The molecule has 39 heavy (non-hydrogen) atoms. The highest BCUT2D eigenvalue weighted by Gasteiger charge is 2.25. The molecule has 0 saturated carbocycles. The van der Waals surface area contributed by atoms with Crippen molar-refractivity contribution in [3.8, 4) is 0 Å². The second kappa shape index (κ2) is 12.3. The van der Waals surface area contributed by atoms with Gasteiger partial charge in [-0.3, -0.25) is 14.7 Å². The molecule has 2 aromatic carbocycles. The summed E-state index contributed by atoms with van der Waals surface area (Å²) in [7, 11) is 1.68. The lowest BCUT2D eigenvalue weighted by Crippen LogP contribution is -2.44. The zero-order valence-corrected chi connectivity index (χ0v) is 23.5. The summed E-state index contributed by atoms with van der Waals surface area (Å²) in [6, 6.07) is 15.0. The Morgan fingerprint density at radius 1 is 1.03 bits per heavy atom. The van der Waals surface area contributed by atoms with Crippen molar-refractivity contribution in [2.45, 2.75) is 44.1 Å². The molecule has 1 aromatic heterocycles. The van der Waals surface area contributed by atoms with Crippen LogP contribution < -0.4 is 20.4 Å². The Balaban J connectivity index is 1.19. The van der Waals surface area contributed by atoms with E-state index in [1.165, 1.54) is 16.2 Å². The fourth-order valence-electron chi connectivity index (χ4n) is 5.55. The second-order valence-electron chi connectivity index (χ2n) is 10.3. The largest absolute Gasteiger partial charge is 0.371 e. The highest BCUT2D eigenvalue weighted by Crippen LogP contribution is 2.33. The summed E-state index contributed by atoms with van der Waals surface area (Å²) in [6.07, 6.45) is 8.41. The van der Waals surface area contributed by atoms with Crippen LogP contribution in [0.1, 0.15) is 53.1 Å². The third-order valence-electron chi connectivity index (χ3n) is 7.78. The first-order chi connectivity index (χ1) is 18.9. The van der Waals surface area contributed by atoms with Crippen molar-refractivity contribution in [2.24, 2.45) is 0 Å². The van der Waals surface area contributed by atoms with Crippen LogP contribution in [0, 0.1) is 0 Å². The maximum atomic E-state index is 13.2. The summed E-state index contributed by atoms with van der Waals surface area (Å²) in [5, 5.41) is 7.24. The number of hydrogen-bond donors (Lipinski definition) is 2. The molecule has 1 aliphatic heterocycles. The van der Waals surface area contributed by atoms with Gasteiger partial charge in [-0.25, -0.2) is 4.79 Å². The molecule has 1 saturated heterocycles. The highest BCUT2D eigenvalue weighted by atomic mass is 35.5. The van der Waals surface area contributed by atoms with Crippen LogP contribution >= 0.6 is 23.2 Å². The number of urea groups is 1. The average molecular weight is 567 g/mol. The third-order valence-corrected chi connectivity index (χ3v) is 8.32. The van der Waals surface area contributed by atoms with Crippen LogP contribution in [0.5, 0.6) is 0 Å². The first-order valence-corrected chi connectivity index (χ1v) is 14.2. The molecule has 7 nitrogen and oxygen atoms in total. The fourth-order valence-corrected chi connectivity index (χ4v) is 6.08. The molecule has 2 heterocycles. The lowest BCUT2D eigenvalue weighted by Gasteiger charge is -2.34. The van der Waals surface area contributed by atoms with Crippen LogP contribution in [0.25, 0.3) is 0 Å². The monoisotopic (exact) mass is 565 g/mol. The number of fused-ring (bicyclic) bond motifs is 1. The Bertz CT molecular complexity index is 1330. The number of piperidine rings is 1. The van der Waals surface area contributed by atoms with Gasteiger partial charge in [0.05, 0.1) is 10.7 Å². The Morgan fingerprint density at radius 3 is 2.54 bits per heavy atom. The molecule has 204 valence electrons. The topological polar surface area (TPSA) is 77.6 Å². The van der Waals surface area contributed by atoms with Crippen LogP contribution in [-0.4, -0.2) is 49.6 Å². The Hall–Kier alpha value is -3.29. The number of aryl methyl sites for hydroxylation is 1. The summed E-state index contributed by atoms with van der Waals surface area (Å²) in [6.45, 7) is 2.28. The van der Waals surface area contributed by atoms with Gasteiger partial charge in [0.2, 0.25) is 0 Å². The van der Waals surface area contributed by atoms with Gasteiger partial charge in [-0.15, -0.1) is 0 Å². The van der Waals surface area contributed by atoms with E-state index < -0.39 is 0 Å². The predicted molar refractivity (Wildman–Crippen MR) is 157 cm³/mol. The number of hydrogen-bond acceptors (Lipinski definition) is 4. The molecule has 5 rings (SSSR count). The van der Waals surface area contributed by atoms with Gasteiger partial charge >= 0.3 is 6.03 Å². The minimum absolute atomic E-state index is 0.0365. The third kappa shape index (κ3) is 6.48. The maximum Gasteiger partial charge on any atom is 0.321 e. The van der Waals surface area contributed by atoms with E-state index in [0.717, 1.165) is 50.8 Å². The minimum Gasteiger partial charge on any atom is -0.371 e. The van der Waals surface area contributed by atoms with E-state index in [9.17, 15) is 9.59 Å². The molecule has 0 bridgehead atoms. The van der Waals surface area contributed by atoms with Gasteiger partial charge in [0.25, 0.3) is 5.91 Å². The van der Waals surface area contributed by atoms with Gasteiger partial charge < -0.3 is 15.5 Å². The van der Waals surface area contributed by atoms with Crippen LogP contribution in [0.2, 0.25) is 10.0 Å². The Kier molecular flexibility index (Phi) is 8.58. The number of carbonyl (C=O) groups is 2. The van der Waals surface area contributed by atoms with Crippen LogP contribution in [0.3, 0.4) is 0 Å². The van der Waals surface area contributed by atoms with Gasteiger partial charge in [-0.2, -0.15) is 0 Å². The Morgan fingerprint density at radius 2 is 1.79 bits per heavy atom. The first-order valence-electron chi connectivity index (χ1n) is 13.4. The van der Waals surface area contributed by atoms with Gasteiger partial charge in [0.1, 0.15) is 0 Å². The summed E-state index contributed by atoms with van der Waals surface area (Å²) >= 11 is 12.3. The van der Waals surface area contributed by atoms with Crippen molar-refractivity contribution in [3.63, 3.8) is 0 Å². The van der Waals surface area contributed by atoms with Crippen molar-refractivity contribution in [1.29, 1.82) is 0 Å². The molecule has 0 radical (unpaired) electrons. The quantitative estimate of drug-likeness (QED) is 0.381. The molecule has 1 atom stereocenters. The van der Waals surface area contributed by atoms with E-state index in [1.54, 1.807) is 25.2 Å². The van der Waals surface area contributed by atoms with Crippen molar-refractivity contribution in [2.75, 3.05) is 36.5 Å². The van der Waals surface area contributed by atoms with Gasteiger partial charge in [-0.1, -0.05) is 29.3 Å². The average Bonchev–Trinajstić information content (AvgIpc) is 2.96. The molecular weight excluding hydrogens is 533 g/mol. The number of pyridine rings is 1. The normalized spacial score (nSPS) is 17.3. The lowest BCUT2D eigenvalue weighted by atomic mass is 9.82. The lowest BCUT2D eigenvalue weighted by molar-refractivity contribution is 0.0931. The van der Waals surface area contributed by atoms with Crippen LogP contribution in [0.4, 0.5) is 16.2 Å². The van der Waals surface area contributed by atoms with E-state index in [1.807, 2.05) is 36.7 Å². The Labute approximate surface area is 239 Å². The molecule has 3 aromatic rings. The molecule has 1 unspecified atom stereocenters. The van der Waals surface area contributed by atoms with Gasteiger partial charge in [0.15, 0.2) is 0 Å². The van der Waals surface area contributed by atoms with E-state index in [-0.39, 0.29) is 23.9 Å². The summed E-state index contributed by atoms with van der Waals surface area (Å²) < 4.78 is 0. The van der Waals surface area contributed by atoms with Crippen molar-refractivity contribution in [3.05, 3.63) is 87.7 Å². The highest BCUT2D eigenvalue weighted by molar-refractivity contribution is 6.36. The molecular formula is C30H33Cl2N5O2. The van der Waals surface area contributed by atoms with E-state index >= 15 is 0 Å². The molecule has 3 amide bonds. The van der Waals surface area contributed by atoms with E-state index in [4.69, 9.17) is 23.2 Å². The first kappa shape index (κ1) is 27.3. The van der Waals surface area contributed by atoms with Crippen molar-refractivity contribution >= 4 is 46.5 Å². The summed E-state index contributed by atoms with van der Waals surface area (Å²) in [5.74, 6) is 0.105. The molecule has 1 fully saturated rings. The van der Waals surface area contributed by atoms with Crippen molar-refractivity contribution in [1.82, 2.24) is 15.6 Å². The molecule has 9 heteroatoms. The van der Waals surface area contributed by atoms with Crippen LogP contribution in [0.15, 0.2) is 60.9 Å². The fraction of sp³-hybridized carbons (Fsp3) is 0.367. The molecule has 0 spiro atoms. The number of rotatable bonds is 6. The number of amides is 3. The van der Waals surface area contributed by atoms with Crippen LogP contribution in [-0.2, 0) is 6.42 Å². The van der Waals surface area contributed by atoms with E-state index in [0.29, 0.717) is 27.8 Å². The maximum absolute atomic E-state index is 13.2. The molecule has 2 aliphatic rings. The summed E-state index contributed by atoms with van der Waals surface area (Å²) in [4.78, 5) is 34.0.